The Hall–Kier alpha value is -2.60. The third-order valence-electron chi connectivity index (χ3n) is 5.88. The van der Waals surface area contributed by atoms with Crippen molar-refractivity contribution in [1.82, 2.24) is 10.2 Å². The lowest BCUT2D eigenvalue weighted by atomic mass is 9.97. The molecule has 1 saturated carbocycles. The largest absolute Gasteiger partial charge is 0.342 e. The summed E-state index contributed by atoms with van der Waals surface area (Å²) in [7, 11) is 0. The summed E-state index contributed by atoms with van der Waals surface area (Å²) in [6, 6.07) is 13.1. The third-order valence-corrected chi connectivity index (χ3v) is 6.22. The number of hydrogen-bond acceptors (Lipinski definition) is 2. The van der Waals surface area contributed by atoms with Gasteiger partial charge in [-0.1, -0.05) is 35.9 Å². The minimum Gasteiger partial charge on any atom is -0.342 e. The van der Waals surface area contributed by atoms with Gasteiger partial charge in [-0.15, -0.1) is 0 Å². The molecule has 30 heavy (non-hydrogen) atoms. The maximum absolute atomic E-state index is 13.2. The number of amides is 3. The molecule has 1 saturated heterocycles. The van der Waals surface area contributed by atoms with E-state index in [0.717, 1.165) is 36.4 Å². The van der Waals surface area contributed by atoms with Gasteiger partial charge in [0.05, 0.1) is 0 Å². The Bertz CT molecular complexity index is 938. The lowest BCUT2D eigenvalue weighted by molar-refractivity contribution is -0.134. The van der Waals surface area contributed by atoms with Crippen molar-refractivity contribution in [3.63, 3.8) is 0 Å². The van der Waals surface area contributed by atoms with Gasteiger partial charge in [-0.25, -0.2) is 9.18 Å². The highest BCUT2D eigenvalue weighted by Gasteiger charge is 2.47. The molecule has 5 nitrogen and oxygen atoms in total. The van der Waals surface area contributed by atoms with E-state index in [1.807, 2.05) is 29.2 Å². The zero-order valence-electron chi connectivity index (χ0n) is 16.6. The molecule has 2 aromatic rings. The van der Waals surface area contributed by atoms with Crippen LogP contribution in [0.4, 0.5) is 14.9 Å². The minimum atomic E-state index is -0.399. The molecule has 2 aromatic carbocycles. The van der Waals surface area contributed by atoms with Crippen molar-refractivity contribution in [3.05, 3.63) is 64.9 Å². The average Bonchev–Trinajstić information content (AvgIpc) is 3.53. The van der Waals surface area contributed by atoms with Crippen LogP contribution in [0.5, 0.6) is 0 Å². The van der Waals surface area contributed by atoms with E-state index in [0.29, 0.717) is 18.8 Å². The molecule has 0 bridgehead atoms. The summed E-state index contributed by atoms with van der Waals surface area (Å²) in [6.45, 7) is 1.88. The summed E-state index contributed by atoms with van der Waals surface area (Å²) < 4.78 is 13.2. The van der Waals surface area contributed by atoms with Gasteiger partial charge in [-0.05, 0) is 60.9 Å². The maximum Gasteiger partial charge on any atom is 0.319 e. The van der Waals surface area contributed by atoms with Gasteiger partial charge in [0.25, 0.3) is 0 Å². The highest BCUT2D eigenvalue weighted by atomic mass is 35.5. The molecule has 3 atom stereocenters. The van der Waals surface area contributed by atoms with Gasteiger partial charge in [-0.3, -0.25) is 4.79 Å². The van der Waals surface area contributed by atoms with Gasteiger partial charge >= 0.3 is 6.03 Å². The number of anilines is 1. The lowest BCUT2D eigenvalue weighted by Gasteiger charge is -2.33. The second-order valence-corrected chi connectivity index (χ2v) is 8.52. The minimum absolute atomic E-state index is 0.00730. The number of nitrogens with zero attached hydrogens (tertiary/aromatic N) is 1. The van der Waals surface area contributed by atoms with Crippen molar-refractivity contribution in [2.24, 2.45) is 11.8 Å². The Kier molecular flexibility index (Phi) is 6.23. The van der Waals surface area contributed by atoms with Crippen LogP contribution in [0.3, 0.4) is 0 Å². The molecule has 3 unspecified atom stereocenters. The van der Waals surface area contributed by atoms with Crippen LogP contribution in [0.2, 0.25) is 5.02 Å². The van der Waals surface area contributed by atoms with Crippen LogP contribution in [-0.4, -0.2) is 36.5 Å². The number of nitrogens with one attached hydrogen (secondary N) is 2. The number of likely N-dealkylation sites (tertiary alicyclic amines) is 1. The normalized spacial score (nSPS) is 23.0. The predicted molar refractivity (Wildman–Crippen MR) is 115 cm³/mol. The molecule has 0 radical (unpaired) electrons. The van der Waals surface area contributed by atoms with E-state index < -0.39 is 5.82 Å². The predicted octanol–water partition coefficient (Wildman–Crippen LogP) is 4.64. The lowest BCUT2D eigenvalue weighted by Crippen LogP contribution is -2.45. The van der Waals surface area contributed by atoms with Gasteiger partial charge in [0.1, 0.15) is 5.82 Å². The average molecular weight is 430 g/mol. The van der Waals surface area contributed by atoms with E-state index in [2.05, 4.69) is 10.6 Å². The number of urea groups is 1. The number of halogens is 2. The SMILES string of the molecule is O=C(NCC1CCCN(C(=O)C2CC2c2ccccc2Cl)C1)Nc1cccc(F)c1. The van der Waals surface area contributed by atoms with Gasteiger partial charge in [0.2, 0.25) is 5.91 Å². The summed E-state index contributed by atoms with van der Waals surface area (Å²) in [5.74, 6) is 0.214. The molecule has 4 rings (SSSR count). The second kappa shape index (κ2) is 9.04. The Morgan fingerprint density at radius 2 is 2.00 bits per heavy atom. The first kappa shape index (κ1) is 20.7. The van der Waals surface area contributed by atoms with E-state index >= 15 is 0 Å². The molecule has 0 aromatic heterocycles. The number of carbonyl (C=O) groups is 2. The molecule has 7 heteroatoms. The van der Waals surface area contributed by atoms with Gasteiger partial charge in [-0.2, -0.15) is 0 Å². The first-order chi connectivity index (χ1) is 14.5. The fourth-order valence-corrected chi connectivity index (χ4v) is 4.51. The monoisotopic (exact) mass is 429 g/mol. The molecule has 1 aliphatic heterocycles. The molecular weight excluding hydrogens is 405 g/mol. The van der Waals surface area contributed by atoms with Crippen LogP contribution in [0, 0.1) is 17.7 Å². The van der Waals surface area contributed by atoms with Crippen molar-refractivity contribution in [2.45, 2.75) is 25.2 Å². The Balaban J connectivity index is 1.26. The van der Waals surface area contributed by atoms with E-state index in [9.17, 15) is 14.0 Å². The van der Waals surface area contributed by atoms with Gasteiger partial charge < -0.3 is 15.5 Å². The van der Waals surface area contributed by atoms with Crippen LogP contribution in [0.25, 0.3) is 0 Å². The highest BCUT2D eigenvalue weighted by Crippen LogP contribution is 2.50. The molecule has 0 spiro atoms. The molecule has 1 heterocycles. The van der Waals surface area contributed by atoms with Crippen LogP contribution < -0.4 is 10.6 Å². The Labute approximate surface area is 180 Å². The summed E-state index contributed by atoms with van der Waals surface area (Å²) in [5, 5.41) is 6.19. The number of piperidine rings is 1. The first-order valence-corrected chi connectivity index (χ1v) is 10.7. The van der Waals surface area contributed by atoms with Crippen molar-refractivity contribution in [2.75, 3.05) is 25.0 Å². The molecule has 2 N–H and O–H groups in total. The van der Waals surface area contributed by atoms with Crippen LogP contribution in [0.15, 0.2) is 48.5 Å². The molecule has 1 aliphatic carbocycles. The number of rotatable bonds is 5. The van der Waals surface area contributed by atoms with Gasteiger partial charge in [0, 0.05) is 36.3 Å². The van der Waals surface area contributed by atoms with Crippen molar-refractivity contribution in [3.8, 4) is 0 Å². The maximum atomic E-state index is 13.2. The van der Waals surface area contributed by atoms with E-state index in [1.165, 1.54) is 12.1 Å². The van der Waals surface area contributed by atoms with Gasteiger partial charge in [0.15, 0.2) is 0 Å². The fourth-order valence-electron chi connectivity index (χ4n) is 4.23. The molecular formula is C23H25ClFN3O2. The quantitative estimate of drug-likeness (QED) is 0.727. The third kappa shape index (κ3) is 4.93. The summed E-state index contributed by atoms with van der Waals surface area (Å²) in [6.07, 6.45) is 2.73. The summed E-state index contributed by atoms with van der Waals surface area (Å²) in [5.41, 5.74) is 1.47. The molecule has 158 valence electrons. The standard InChI is InChI=1S/C23H25ClFN3O2/c24-21-9-2-1-8-18(21)19-12-20(19)22(29)28-10-4-5-15(14-28)13-26-23(30)27-17-7-3-6-16(25)11-17/h1-3,6-9,11,15,19-20H,4-5,10,12-14H2,(H2,26,27,30). The number of benzene rings is 2. The molecule has 2 fully saturated rings. The highest BCUT2D eigenvalue weighted by molar-refractivity contribution is 6.31. The zero-order valence-corrected chi connectivity index (χ0v) is 17.4. The van der Waals surface area contributed by atoms with Crippen LogP contribution >= 0.6 is 11.6 Å². The fraction of sp³-hybridized carbons (Fsp3) is 0.391. The van der Waals surface area contributed by atoms with E-state index in [-0.39, 0.29) is 29.7 Å². The number of hydrogen-bond donors (Lipinski definition) is 2. The summed E-state index contributed by atoms with van der Waals surface area (Å²) in [4.78, 5) is 27.0. The van der Waals surface area contributed by atoms with Crippen molar-refractivity contribution in [1.29, 1.82) is 0 Å². The van der Waals surface area contributed by atoms with E-state index in [4.69, 9.17) is 11.6 Å². The van der Waals surface area contributed by atoms with Crippen LogP contribution in [-0.2, 0) is 4.79 Å². The first-order valence-electron chi connectivity index (χ1n) is 10.3. The topological polar surface area (TPSA) is 61.4 Å². The second-order valence-electron chi connectivity index (χ2n) is 8.11. The Morgan fingerprint density at radius 1 is 1.17 bits per heavy atom. The summed E-state index contributed by atoms with van der Waals surface area (Å²) >= 11 is 6.28. The smallest absolute Gasteiger partial charge is 0.319 e. The van der Waals surface area contributed by atoms with E-state index in [1.54, 1.807) is 12.1 Å². The molecule has 2 aliphatic rings. The van der Waals surface area contributed by atoms with Crippen LogP contribution in [0.1, 0.15) is 30.7 Å². The van der Waals surface area contributed by atoms with Crippen molar-refractivity contribution >= 4 is 29.2 Å². The number of carbonyl (C=O) groups excluding carboxylic acids is 2. The Morgan fingerprint density at radius 3 is 2.80 bits per heavy atom. The zero-order chi connectivity index (χ0) is 21.1. The van der Waals surface area contributed by atoms with Crippen molar-refractivity contribution < 1.29 is 14.0 Å². The molecule has 3 amide bonds.